The number of halogens is 7. The summed E-state index contributed by atoms with van der Waals surface area (Å²) in [5.41, 5.74) is 0.792. The first-order valence-electron chi connectivity index (χ1n) is 13.2. The minimum absolute atomic E-state index is 0.00901. The minimum atomic E-state index is -4.55. The number of allylic oxidation sites excluding steroid dienone is 3. The lowest BCUT2D eigenvalue weighted by Crippen LogP contribution is -2.51. The van der Waals surface area contributed by atoms with Crippen LogP contribution in [0.2, 0.25) is 0 Å². The van der Waals surface area contributed by atoms with E-state index in [-0.39, 0.29) is 28.4 Å². The van der Waals surface area contributed by atoms with Crippen molar-refractivity contribution in [3.63, 3.8) is 0 Å². The van der Waals surface area contributed by atoms with Crippen molar-refractivity contribution in [2.75, 3.05) is 0 Å². The van der Waals surface area contributed by atoms with Gasteiger partial charge in [-0.2, -0.15) is 0 Å². The molecule has 6 rings (SSSR count). The van der Waals surface area contributed by atoms with Crippen LogP contribution in [0.3, 0.4) is 0 Å². The summed E-state index contributed by atoms with van der Waals surface area (Å²) in [5.74, 6) is -3.41. The normalized spacial score (nSPS) is 16.4. The maximum atomic E-state index is 17.2. The highest BCUT2D eigenvalue weighted by molar-refractivity contribution is 14.1. The SMILES string of the molecule is CC1=C(I)C(/C=C/c2ccc(C)s2)=[N+]2C1=C(c1c(F)cc(F)cc1F)c1c(C)c(I)c(/C=C/c3ccc(C)s3)n1[B-]2(F)F. The predicted octanol–water partition coefficient (Wildman–Crippen LogP) is 10.6. The summed E-state index contributed by atoms with van der Waals surface area (Å²) in [6.07, 6.45) is 6.80. The fraction of sp³-hybridized carbons (Fsp3) is 0.129. The third kappa shape index (κ3) is 5.05. The van der Waals surface area contributed by atoms with Gasteiger partial charge in [-0.1, -0.05) is 0 Å². The van der Waals surface area contributed by atoms with Gasteiger partial charge in [-0.15, -0.1) is 22.7 Å². The molecule has 0 spiro atoms. The standard InChI is InChI=1S/C31H22BF5I2N2S2/c1-15-5-7-20(42-15)9-11-24-28(38)17(3)30-27(26-22(34)13-19(33)14-23(26)35)31-18(4)29(39)25(41(31)32(36,37)40(24)30)12-10-21-8-6-16(2)43-21/h5-14H,1-4H3/b11-9+,12-10+. The Morgan fingerprint density at radius 2 is 1.37 bits per heavy atom. The summed E-state index contributed by atoms with van der Waals surface area (Å²) in [6, 6.07) is 8.89. The maximum absolute atomic E-state index is 17.2. The zero-order valence-electron chi connectivity index (χ0n) is 23.2. The Hall–Kier alpha value is -2.30. The molecule has 0 unspecified atom stereocenters. The van der Waals surface area contributed by atoms with Crippen molar-refractivity contribution >= 4 is 104 Å². The topological polar surface area (TPSA) is 7.94 Å². The Balaban J connectivity index is 1.72. The van der Waals surface area contributed by atoms with E-state index >= 15 is 17.4 Å². The van der Waals surface area contributed by atoms with E-state index in [0.29, 0.717) is 30.4 Å². The highest BCUT2D eigenvalue weighted by atomic mass is 127. The summed E-state index contributed by atoms with van der Waals surface area (Å²) in [6.45, 7) is 2.71. The number of hydrogen-bond acceptors (Lipinski definition) is 2. The van der Waals surface area contributed by atoms with E-state index in [1.165, 1.54) is 22.7 Å². The van der Waals surface area contributed by atoms with Crippen molar-refractivity contribution < 1.29 is 26.3 Å². The van der Waals surface area contributed by atoms with Crippen molar-refractivity contribution in [1.82, 2.24) is 4.48 Å². The lowest BCUT2D eigenvalue weighted by molar-refractivity contribution is -0.362. The van der Waals surface area contributed by atoms with Crippen molar-refractivity contribution in [3.8, 4) is 0 Å². The first-order chi connectivity index (χ1) is 20.3. The predicted molar refractivity (Wildman–Crippen MR) is 186 cm³/mol. The summed E-state index contributed by atoms with van der Waals surface area (Å²) in [5, 5.41) is 0. The Morgan fingerprint density at radius 3 is 1.91 bits per heavy atom. The molecular weight excluding hydrogens is 824 g/mol. The molecule has 0 saturated heterocycles. The lowest BCUT2D eigenvalue weighted by atomic mass is 9.83. The van der Waals surface area contributed by atoms with Gasteiger partial charge in [0.1, 0.15) is 17.5 Å². The maximum Gasteiger partial charge on any atom is 0.737 e. The van der Waals surface area contributed by atoms with Crippen LogP contribution in [0.4, 0.5) is 21.8 Å². The molecule has 2 aliphatic heterocycles. The third-order valence-corrected chi connectivity index (χ3v) is 12.2. The molecule has 4 aromatic rings. The molecule has 0 atom stereocenters. The number of rotatable bonds is 5. The molecule has 12 heteroatoms. The first kappa shape index (κ1) is 30.7. The van der Waals surface area contributed by atoms with Crippen molar-refractivity contribution in [1.29, 1.82) is 0 Å². The molecule has 43 heavy (non-hydrogen) atoms. The van der Waals surface area contributed by atoms with Gasteiger partial charge in [-0.3, -0.25) is 0 Å². The van der Waals surface area contributed by atoms with Gasteiger partial charge in [0.15, 0.2) is 11.4 Å². The van der Waals surface area contributed by atoms with Gasteiger partial charge < -0.3 is 17.6 Å². The van der Waals surface area contributed by atoms with Crippen LogP contribution in [0.15, 0.2) is 57.3 Å². The van der Waals surface area contributed by atoms with Gasteiger partial charge in [-0.25, -0.2) is 13.2 Å². The molecule has 5 heterocycles. The molecular formula is C31H22BF5I2N2S2. The Morgan fingerprint density at radius 1 is 0.814 bits per heavy atom. The highest BCUT2D eigenvalue weighted by Crippen LogP contribution is 2.49. The average molecular weight is 846 g/mol. The number of aromatic nitrogens is 1. The van der Waals surface area contributed by atoms with Crippen molar-refractivity contribution in [2.24, 2.45) is 0 Å². The second kappa shape index (κ2) is 11.3. The van der Waals surface area contributed by atoms with Gasteiger partial charge in [0.05, 0.1) is 14.7 Å². The molecule has 0 bridgehead atoms. The minimum Gasteiger partial charge on any atom is -0.389 e. The van der Waals surface area contributed by atoms with Crippen LogP contribution in [-0.2, 0) is 0 Å². The van der Waals surface area contributed by atoms with Crippen LogP contribution < -0.4 is 0 Å². The lowest BCUT2D eigenvalue weighted by Gasteiger charge is -2.34. The van der Waals surface area contributed by atoms with Crippen LogP contribution in [0.25, 0.3) is 23.8 Å². The van der Waals surface area contributed by atoms with E-state index < -0.39 is 30.0 Å². The van der Waals surface area contributed by atoms with Gasteiger partial charge in [0.2, 0.25) is 0 Å². The van der Waals surface area contributed by atoms with Crippen LogP contribution in [0, 0.1) is 41.8 Å². The second-order valence-corrected chi connectivity index (χ2v) is 15.2. The van der Waals surface area contributed by atoms with Crippen LogP contribution in [0.1, 0.15) is 48.9 Å². The third-order valence-electron chi connectivity index (χ3n) is 7.50. The summed E-state index contributed by atoms with van der Waals surface area (Å²) in [7, 11) is 0. The van der Waals surface area contributed by atoms with Gasteiger partial charge in [0.25, 0.3) is 0 Å². The molecule has 0 aliphatic carbocycles. The van der Waals surface area contributed by atoms with Gasteiger partial charge in [0, 0.05) is 58.2 Å². The summed E-state index contributed by atoms with van der Waals surface area (Å²) >= 11 is 7.08. The molecule has 3 aromatic heterocycles. The smallest absolute Gasteiger partial charge is 0.389 e. The number of nitrogens with zero attached hydrogens (tertiary/aromatic N) is 2. The Labute approximate surface area is 281 Å². The number of fused-ring (bicyclic) bond motifs is 2. The molecule has 220 valence electrons. The van der Waals surface area contributed by atoms with Crippen molar-refractivity contribution in [3.05, 3.63) is 120 Å². The quantitative estimate of drug-likeness (QED) is 0.107. The monoisotopic (exact) mass is 846 g/mol. The van der Waals surface area contributed by atoms with E-state index in [2.05, 4.69) is 0 Å². The average Bonchev–Trinajstić information content (AvgIpc) is 3.66. The first-order valence-corrected chi connectivity index (χ1v) is 16.9. The zero-order chi connectivity index (χ0) is 31.0. The molecule has 0 N–H and O–H groups in total. The summed E-state index contributed by atoms with van der Waals surface area (Å²) in [4.78, 5) is 3.92. The fourth-order valence-electron chi connectivity index (χ4n) is 5.63. The van der Waals surface area contributed by atoms with Crippen molar-refractivity contribution in [2.45, 2.75) is 27.7 Å². The Bertz CT molecular complexity index is 1990. The molecule has 0 amide bonds. The number of thiophene rings is 2. The zero-order valence-corrected chi connectivity index (χ0v) is 29.2. The molecule has 2 nitrogen and oxygen atoms in total. The number of benzene rings is 1. The number of hydrogen-bond donors (Lipinski definition) is 0. The van der Waals surface area contributed by atoms with E-state index in [4.69, 9.17) is 0 Å². The van der Waals surface area contributed by atoms with Crippen LogP contribution in [0.5, 0.6) is 0 Å². The number of aryl methyl sites for hydroxylation is 2. The molecule has 1 aromatic carbocycles. The largest absolute Gasteiger partial charge is 0.737 e. The highest BCUT2D eigenvalue weighted by Gasteiger charge is 2.58. The van der Waals surface area contributed by atoms with E-state index in [9.17, 15) is 4.39 Å². The van der Waals surface area contributed by atoms with Crippen LogP contribution >= 0.6 is 67.9 Å². The molecule has 0 saturated carbocycles. The van der Waals surface area contributed by atoms with E-state index in [1.54, 1.807) is 38.2 Å². The summed E-state index contributed by atoms with van der Waals surface area (Å²) < 4.78 is 82.4. The molecule has 0 fully saturated rings. The van der Waals surface area contributed by atoms with Gasteiger partial charge >= 0.3 is 6.97 Å². The molecule has 0 radical (unpaired) electrons. The fourth-order valence-corrected chi connectivity index (χ4v) is 8.58. The van der Waals surface area contributed by atoms with E-state index in [0.717, 1.165) is 28.5 Å². The van der Waals surface area contributed by atoms with Gasteiger partial charge in [-0.05, 0) is 121 Å². The molecule has 2 aliphatic rings. The Kier molecular flexibility index (Phi) is 8.04. The van der Waals surface area contributed by atoms with E-state index in [1.807, 2.05) is 83.3 Å². The van der Waals surface area contributed by atoms with Crippen LogP contribution in [-0.4, -0.2) is 21.6 Å². The second-order valence-electron chi connectivity index (χ2n) is 10.4.